The van der Waals surface area contributed by atoms with E-state index in [-0.39, 0.29) is 5.56 Å². The minimum absolute atomic E-state index is 0.0163. The van der Waals surface area contributed by atoms with Crippen LogP contribution in [0, 0.1) is 0 Å². The number of nitrogens with zero attached hydrogens (tertiary/aromatic N) is 2. The lowest BCUT2D eigenvalue weighted by atomic mass is 9.97. The second-order valence-electron chi connectivity index (χ2n) is 8.28. The minimum Gasteiger partial charge on any atom is -0.480 e. The predicted molar refractivity (Wildman–Crippen MR) is 124 cm³/mol. The van der Waals surface area contributed by atoms with Crippen molar-refractivity contribution in [1.82, 2.24) is 4.90 Å². The maximum atomic E-state index is 12.9. The highest BCUT2D eigenvalue weighted by molar-refractivity contribution is 5.97. The first-order valence-electron chi connectivity index (χ1n) is 11.0. The van der Waals surface area contributed by atoms with Gasteiger partial charge in [-0.05, 0) is 41.0 Å². The third-order valence-electron chi connectivity index (χ3n) is 6.15. The number of carboxylic acids is 2. The molecule has 6 nitrogen and oxygen atoms in total. The fraction of sp³-hybridized carbons (Fsp3) is 0.231. The third kappa shape index (κ3) is 5.30. The number of alkyl halides is 3. The maximum absolute atomic E-state index is 12.9. The van der Waals surface area contributed by atoms with Crippen molar-refractivity contribution >= 4 is 17.6 Å². The summed E-state index contributed by atoms with van der Waals surface area (Å²) in [5.74, 6) is -2.12. The summed E-state index contributed by atoms with van der Waals surface area (Å²) >= 11 is 0. The van der Waals surface area contributed by atoms with Gasteiger partial charge in [0.1, 0.15) is 6.04 Å². The van der Waals surface area contributed by atoms with Gasteiger partial charge in [-0.3, -0.25) is 9.69 Å². The van der Waals surface area contributed by atoms with E-state index in [4.69, 9.17) is 0 Å². The van der Waals surface area contributed by atoms with Crippen LogP contribution in [0.1, 0.15) is 27.5 Å². The standard InChI is InChI=1S/C26H23F3N2O4/c27-26(28,29)19-8-6-17(7-9-19)21-11-10-20(16-22(21)24(32)33)30-12-14-31(15-13-30)23(25(34)35)18-4-2-1-3-5-18/h1-11,16,23H,12-15H2,(H,32,33)(H,34,35). The van der Waals surface area contributed by atoms with E-state index in [2.05, 4.69) is 0 Å². The zero-order valence-corrected chi connectivity index (χ0v) is 18.6. The van der Waals surface area contributed by atoms with Crippen LogP contribution < -0.4 is 4.90 Å². The Morgan fingerprint density at radius 2 is 1.46 bits per heavy atom. The zero-order chi connectivity index (χ0) is 25.2. The Balaban J connectivity index is 1.53. The second kappa shape index (κ2) is 9.79. The summed E-state index contributed by atoms with van der Waals surface area (Å²) < 4.78 is 38.6. The molecule has 1 unspecified atom stereocenters. The van der Waals surface area contributed by atoms with Crippen molar-refractivity contribution in [3.63, 3.8) is 0 Å². The molecule has 3 aromatic carbocycles. The molecular weight excluding hydrogens is 461 g/mol. The molecule has 0 aliphatic carbocycles. The van der Waals surface area contributed by atoms with Gasteiger partial charge >= 0.3 is 18.1 Å². The highest BCUT2D eigenvalue weighted by atomic mass is 19.4. The van der Waals surface area contributed by atoms with Gasteiger partial charge in [0.2, 0.25) is 0 Å². The summed E-state index contributed by atoms with van der Waals surface area (Å²) in [5.41, 5.74) is 1.23. The van der Waals surface area contributed by atoms with Crippen LogP contribution >= 0.6 is 0 Å². The molecule has 0 bridgehead atoms. The number of carboxylic acid groups (broad SMARTS) is 2. The Morgan fingerprint density at radius 3 is 2.00 bits per heavy atom. The van der Waals surface area contributed by atoms with Gasteiger partial charge in [0.25, 0.3) is 0 Å². The summed E-state index contributed by atoms with van der Waals surface area (Å²) in [7, 11) is 0. The molecule has 3 aromatic rings. The number of aliphatic carboxylic acids is 1. The molecule has 0 radical (unpaired) electrons. The van der Waals surface area contributed by atoms with Crippen molar-refractivity contribution in [3.8, 4) is 11.1 Å². The topological polar surface area (TPSA) is 81.1 Å². The van der Waals surface area contributed by atoms with Crippen molar-refractivity contribution in [3.05, 3.63) is 89.5 Å². The summed E-state index contributed by atoms with van der Waals surface area (Å²) in [5, 5.41) is 19.5. The van der Waals surface area contributed by atoms with E-state index in [0.29, 0.717) is 48.6 Å². The average molecular weight is 484 g/mol. The SMILES string of the molecule is O=C(O)c1cc(N2CCN(C(C(=O)O)c3ccccc3)CC2)ccc1-c1ccc(C(F)(F)F)cc1. The molecule has 9 heteroatoms. The van der Waals surface area contributed by atoms with E-state index in [0.717, 1.165) is 12.1 Å². The van der Waals surface area contributed by atoms with Gasteiger partial charge in [0.05, 0.1) is 11.1 Å². The zero-order valence-electron chi connectivity index (χ0n) is 18.6. The number of hydrogen-bond acceptors (Lipinski definition) is 4. The van der Waals surface area contributed by atoms with Gasteiger partial charge in [-0.25, -0.2) is 4.79 Å². The number of carbonyl (C=O) groups is 2. The molecule has 35 heavy (non-hydrogen) atoms. The number of halogens is 3. The third-order valence-corrected chi connectivity index (χ3v) is 6.15. The van der Waals surface area contributed by atoms with E-state index >= 15 is 0 Å². The fourth-order valence-corrected chi connectivity index (χ4v) is 4.38. The molecular formula is C26H23F3N2O4. The monoisotopic (exact) mass is 484 g/mol. The van der Waals surface area contributed by atoms with E-state index in [1.165, 1.54) is 18.2 Å². The van der Waals surface area contributed by atoms with Gasteiger partial charge in [0.15, 0.2) is 0 Å². The molecule has 1 fully saturated rings. The van der Waals surface area contributed by atoms with Crippen molar-refractivity contribution in [2.45, 2.75) is 12.2 Å². The lowest BCUT2D eigenvalue weighted by Crippen LogP contribution is -2.49. The number of rotatable bonds is 6. The maximum Gasteiger partial charge on any atom is 0.416 e. The Bertz CT molecular complexity index is 1210. The molecule has 1 saturated heterocycles. The lowest BCUT2D eigenvalue weighted by molar-refractivity contribution is -0.143. The van der Waals surface area contributed by atoms with Crippen molar-refractivity contribution in [2.24, 2.45) is 0 Å². The van der Waals surface area contributed by atoms with Gasteiger partial charge in [-0.1, -0.05) is 48.5 Å². The quantitative estimate of drug-likeness (QED) is 0.512. The Kier molecular flexibility index (Phi) is 6.79. The van der Waals surface area contributed by atoms with Crippen LogP contribution in [0.15, 0.2) is 72.8 Å². The highest BCUT2D eigenvalue weighted by Crippen LogP contribution is 2.33. The first-order valence-corrected chi connectivity index (χ1v) is 11.0. The molecule has 0 amide bonds. The van der Waals surface area contributed by atoms with Gasteiger partial charge in [0, 0.05) is 31.9 Å². The van der Waals surface area contributed by atoms with Crippen LogP contribution in [-0.4, -0.2) is 53.2 Å². The predicted octanol–water partition coefficient (Wildman–Crippen LogP) is 5.02. The molecule has 1 heterocycles. The fourth-order valence-electron chi connectivity index (χ4n) is 4.38. The largest absolute Gasteiger partial charge is 0.480 e. The molecule has 4 rings (SSSR count). The molecule has 1 aliphatic heterocycles. The number of benzene rings is 3. The number of piperazine rings is 1. The van der Waals surface area contributed by atoms with E-state index < -0.39 is 29.7 Å². The smallest absolute Gasteiger partial charge is 0.416 e. The molecule has 0 aromatic heterocycles. The summed E-state index contributed by atoms with van der Waals surface area (Å²) in [6.45, 7) is 1.93. The highest BCUT2D eigenvalue weighted by Gasteiger charge is 2.31. The van der Waals surface area contributed by atoms with Crippen molar-refractivity contribution in [2.75, 3.05) is 31.1 Å². The number of aromatic carboxylic acids is 1. The molecule has 2 N–H and O–H groups in total. The van der Waals surface area contributed by atoms with E-state index in [9.17, 15) is 33.0 Å². The van der Waals surface area contributed by atoms with Crippen LogP contribution in [-0.2, 0) is 11.0 Å². The van der Waals surface area contributed by atoms with Gasteiger partial charge in [-0.15, -0.1) is 0 Å². The number of anilines is 1. The van der Waals surface area contributed by atoms with Crippen LogP contribution in [0.5, 0.6) is 0 Å². The summed E-state index contributed by atoms with van der Waals surface area (Å²) in [4.78, 5) is 27.7. The van der Waals surface area contributed by atoms with E-state index in [1.807, 2.05) is 15.9 Å². The van der Waals surface area contributed by atoms with Crippen LogP contribution in [0.4, 0.5) is 18.9 Å². The van der Waals surface area contributed by atoms with Crippen LogP contribution in [0.3, 0.4) is 0 Å². The molecule has 0 spiro atoms. The van der Waals surface area contributed by atoms with Crippen LogP contribution in [0.2, 0.25) is 0 Å². The Labute approximate surface area is 199 Å². The second-order valence-corrected chi connectivity index (χ2v) is 8.28. The molecule has 182 valence electrons. The van der Waals surface area contributed by atoms with Crippen molar-refractivity contribution < 1.29 is 33.0 Å². The number of hydrogen-bond donors (Lipinski definition) is 2. The molecule has 1 aliphatic rings. The first kappa shape index (κ1) is 24.3. The Hall–Kier alpha value is -3.85. The summed E-state index contributed by atoms with van der Waals surface area (Å²) in [6.07, 6.45) is -4.47. The summed E-state index contributed by atoms with van der Waals surface area (Å²) in [6, 6.07) is 17.4. The molecule has 1 atom stereocenters. The lowest BCUT2D eigenvalue weighted by Gasteiger charge is -2.39. The normalized spacial score (nSPS) is 15.6. The van der Waals surface area contributed by atoms with Gasteiger partial charge in [-0.2, -0.15) is 13.2 Å². The molecule has 0 saturated carbocycles. The first-order chi connectivity index (χ1) is 16.6. The van der Waals surface area contributed by atoms with Crippen LogP contribution in [0.25, 0.3) is 11.1 Å². The average Bonchev–Trinajstić information content (AvgIpc) is 2.84. The van der Waals surface area contributed by atoms with Crippen molar-refractivity contribution in [1.29, 1.82) is 0 Å². The van der Waals surface area contributed by atoms with Gasteiger partial charge < -0.3 is 15.1 Å². The minimum atomic E-state index is -4.47. The Morgan fingerprint density at radius 1 is 0.829 bits per heavy atom. The van der Waals surface area contributed by atoms with E-state index in [1.54, 1.807) is 36.4 Å².